The number of hydrogen-bond acceptors (Lipinski definition) is 4. The molecule has 5 nitrogen and oxygen atoms in total. The second-order valence-corrected chi connectivity index (χ2v) is 5.46. The Morgan fingerprint density at radius 3 is 2.32 bits per heavy atom. The van der Waals surface area contributed by atoms with Crippen molar-refractivity contribution in [3.05, 3.63) is 78.4 Å². The summed E-state index contributed by atoms with van der Waals surface area (Å²) >= 11 is 0. The van der Waals surface area contributed by atoms with Crippen LogP contribution in [0.15, 0.2) is 67.0 Å². The molecular formula is C20H22N2O3. The average Bonchev–Trinajstić information content (AvgIpc) is 3.18. The van der Waals surface area contributed by atoms with E-state index in [9.17, 15) is 0 Å². The van der Waals surface area contributed by atoms with Gasteiger partial charge in [-0.05, 0) is 24.6 Å². The summed E-state index contributed by atoms with van der Waals surface area (Å²) < 4.78 is 17.8. The number of nitrogens with one attached hydrogen (secondary N) is 1. The van der Waals surface area contributed by atoms with Gasteiger partial charge in [-0.25, -0.2) is 4.98 Å². The van der Waals surface area contributed by atoms with Crippen molar-refractivity contribution >= 4 is 0 Å². The van der Waals surface area contributed by atoms with Crippen molar-refractivity contribution in [1.82, 2.24) is 9.97 Å². The summed E-state index contributed by atoms with van der Waals surface area (Å²) in [6.45, 7) is 2.52. The molecule has 0 saturated heterocycles. The van der Waals surface area contributed by atoms with Gasteiger partial charge in [-0.1, -0.05) is 42.5 Å². The molecule has 25 heavy (non-hydrogen) atoms. The van der Waals surface area contributed by atoms with Gasteiger partial charge in [0, 0.05) is 19.5 Å². The summed E-state index contributed by atoms with van der Waals surface area (Å²) in [5.41, 5.74) is 0.997. The summed E-state index contributed by atoms with van der Waals surface area (Å²) in [4.78, 5) is 7.46. The smallest absolute Gasteiger partial charge is 0.162 e. The van der Waals surface area contributed by atoms with Crippen LogP contribution in [0.25, 0.3) is 0 Å². The Bertz CT molecular complexity index is 760. The Labute approximate surface area is 147 Å². The molecule has 3 rings (SSSR count). The first kappa shape index (κ1) is 17.0. The summed E-state index contributed by atoms with van der Waals surface area (Å²) in [6, 6.07) is 17.6. The number of aromatic amines is 1. The van der Waals surface area contributed by atoms with Crippen LogP contribution in [0.4, 0.5) is 0 Å². The Morgan fingerprint density at radius 2 is 1.68 bits per heavy atom. The maximum Gasteiger partial charge on any atom is 0.162 e. The Hall–Kier alpha value is -2.79. The monoisotopic (exact) mass is 338 g/mol. The van der Waals surface area contributed by atoms with Crippen LogP contribution in [0, 0.1) is 0 Å². The van der Waals surface area contributed by atoms with Gasteiger partial charge >= 0.3 is 0 Å². The van der Waals surface area contributed by atoms with Gasteiger partial charge in [0.25, 0.3) is 0 Å². The molecule has 0 bridgehead atoms. The molecule has 0 unspecified atom stereocenters. The highest BCUT2D eigenvalue weighted by atomic mass is 16.6. The second kappa shape index (κ2) is 8.35. The number of methoxy groups -OCH3 is 1. The Balaban J connectivity index is 1.97. The van der Waals surface area contributed by atoms with E-state index in [1.165, 1.54) is 0 Å². The highest BCUT2D eigenvalue weighted by molar-refractivity contribution is 5.40. The average molecular weight is 338 g/mol. The first-order valence-corrected chi connectivity index (χ1v) is 8.29. The molecule has 0 aliphatic rings. The van der Waals surface area contributed by atoms with Crippen molar-refractivity contribution in [2.24, 2.45) is 0 Å². The third-order valence-corrected chi connectivity index (χ3v) is 3.85. The van der Waals surface area contributed by atoms with E-state index in [0.717, 1.165) is 5.56 Å². The minimum absolute atomic E-state index is 0.376. The first-order chi connectivity index (χ1) is 12.3. The van der Waals surface area contributed by atoms with Crippen molar-refractivity contribution in [2.75, 3.05) is 13.7 Å². The molecule has 1 aromatic heterocycles. The van der Waals surface area contributed by atoms with Crippen LogP contribution >= 0.6 is 0 Å². The van der Waals surface area contributed by atoms with Crippen molar-refractivity contribution < 1.29 is 14.2 Å². The minimum Gasteiger partial charge on any atom is -0.490 e. The van der Waals surface area contributed by atoms with Gasteiger partial charge in [-0.15, -0.1) is 0 Å². The van der Waals surface area contributed by atoms with Gasteiger partial charge in [-0.2, -0.15) is 0 Å². The fourth-order valence-corrected chi connectivity index (χ4v) is 2.72. The number of aromatic nitrogens is 2. The lowest BCUT2D eigenvalue weighted by Crippen LogP contribution is -2.20. The van der Waals surface area contributed by atoms with Crippen LogP contribution in [0.3, 0.4) is 0 Å². The largest absolute Gasteiger partial charge is 0.490 e. The quantitative estimate of drug-likeness (QED) is 0.665. The third-order valence-electron chi connectivity index (χ3n) is 3.85. The second-order valence-electron chi connectivity index (χ2n) is 5.46. The molecule has 0 amide bonds. The van der Waals surface area contributed by atoms with Crippen LogP contribution in [0.2, 0.25) is 0 Å². The lowest BCUT2D eigenvalue weighted by molar-refractivity contribution is -0.00706. The standard InChI is InChI=1S/C20H22N2O3/c1-3-24-16-11-7-8-12-17(16)25-18(15-9-5-4-6-10-15)19(23-2)20-21-13-14-22-20/h4-14,18-19H,3H2,1-2H3,(H,21,22)/t18-,19-/m0/s1. The number of hydrogen-bond donors (Lipinski definition) is 1. The zero-order chi connectivity index (χ0) is 17.5. The third kappa shape index (κ3) is 4.00. The summed E-state index contributed by atoms with van der Waals surface area (Å²) in [5, 5.41) is 0. The predicted molar refractivity (Wildman–Crippen MR) is 95.8 cm³/mol. The molecule has 0 aliphatic heterocycles. The van der Waals surface area contributed by atoms with Gasteiger partial charge in [-0.3, -0.25) is 0 Å². The molecule has 130 valence electrons. The molecule has 0 radical (unpaired) electrons. The van der Waals surface area contributed by atoms with Crippen molar-refractivity contribution in [1.29, 1.82) is 0 Å². The van der Waals surface area contributed by atoms with Crippen LogP contribution in [0.5, 0.6) is 11.5 Å². The molecule has 2 atom stereocenters. The summed E-state index contributed by atoms with van der Waals surface area (Å²) in [7, 11) is 1.65. The van der Waals surface area contributed by atoms with E-state index in [1.54, 1.807) is 19.5 Å². The van der Waals surface area contributed by atoms with E-state index < -0.39 is 0 Å². The maximum atomic E-state index is 6.35. The molecule has 0 aliphatic carbocycles. The molecular weight excluding hydrogens is 316 g/mol. The van der Waals surface area contributed by atoms with Gasteiger partial charge in [0.2, 0.25) is 0 Å². The number of imidazole rings is 1. The molecule has 3 aromatic rings. The van der Waals surface area contributed by atoms with E-state index in [1.807, 2.05) is 61.5 Å². The van der Waals surface area contributed by atoms with Crippen LogP contribution in [-0.2, 0) is 4.74 Å². The van der Waals surface area contributed by atoms with Gasteiger partial charge in [0.15, 0.2) is 23.7 Å². The molecule has 5 heteroatoms. The first-order valence-electron chi connectivity index (χ1n) is 8.29. The zero-order valence-electron chi connectivity index (χ0n) is 14.4. The van der Waals surface area contributed by atoms with E-state index in [2.05, 4.69) is 9.97 Å². The van der Waals surface area contributed by atoms with E-state index in [-0.39, 0.29) is 12.2 Å². The summed E-state index contributed by atoms with van der Waals surface area (Å²) in [5.74, 6) is 2.09. The number of rotatable bonds is 8. The number of benzene rings is 2. The molecule has 2 aromatic carbocycles. The SMILES string of the molecule is CCOc1ccccc1O[C@@H](c1ccccc1)[C@H](OC)c1ncc[nH]1. The molecule has 0 spiro atoms. The fraction of sp³-hybridized carbons (Fsp3) is 0.250. The normalized spacial score (nSPS) is 13.2. The van der Waals surface area contributed by atoms with Crippen LogP contribution < -0.4 is 9.47 Å². The van der Waals surface area contributed by atoms with Gasteiger partial charge in [0.1, 0.15) is 5.82 Å². The van der Waals surface area contributed by atoms with E-state index >= 15 is 0 Å². The lowest BCUT2D eigenvalue weighted by Gasteiger charge is -2.27. The zero-order valence-corrected chi connectivity index (χ0v) is 14.4. The minimum atomic E-state index is -0.382. The van der Waals surface area contributed by atoms with Crippen LogP contribution in [-0.4, -0.2) is 23.7 Å². The topological polar surface area (TPSA) is 56.4 Å². The highest BCUT2D eigenvalue weighted by Gasteiger charge is 2.29. The van der Waals surface area contributed by atoms with Crippen molar-refractivity contribution in [2.45, 2.75) is 19.1 Å². The Morgan fingerprint density at radius 1 is 0.960 bits per heavy atom. The predicted octanol–water partition coefficient (Wildman–Crippen LogP) is 4.32. The Kier molecular flexibility index (Phi) is 5.69. The number of H-pyrrole nitrogens is 1. The van der Waals surface area contributed by atoms with Gasteiger partial charge in [0.05, 0.1) is 6.61 Å². The van der Waals surface area contributed by atoms with E-state index in [4.69, 9.17) is 14.2 Å². The van der Waals surface area contributed by atoms with Crippen molar-refractivity contribution in [3.63, 3.8) is 0 Å². The van der Waals surface area contributed by atoms with Crippen LogP contribution in [0.1, 0.15) is 30.5 Å². The molecule has 1 heterocycles. The molecule has 1 N–H and O–H groups in total. The molecule has 0 saturated carbocycles. The van der Waals surface area contributed by atoms with Gasteiger partial charge < -0.3 is 19.2 Å². The maximum absolute atomic E-state index is 6.35. The summed E-state index contributed by atoms with van der Waals surface area (Å²) in [6.07, 6.45) is 2.72. The lowest BCUT2D eigenvalue weighted by atomic mass is 10.0. The number of ether oxygens (including phenoxy) is 3. The highest BCUT2D eigenvalue weighted by Crippen LogP contribution is 2.37. The number of para-hydroxylation sites is 2. The number of nitrogens with zero attached hydrogens (tertiary/aromatic N) is 1. The molecule has 0 fully saturated rings. The fourth-order valence-electron chi connectivity index (χ4n) is 2.72. The van der Waals surface area contributed by atoms with Crippen molar-refractivity contribution in [3.8, 4) is 11.5 Å². The van der Waals surface area contributed by atoms with E-state index in [0.29, 0.717) is 23.9 Å².